The molecule has 0 saturated carbocycles. The maximum atomic E-state index is 11.2. The second-order valence-corrected chi connectivity index (χ2v) is 4.52. The van der Waals surface area contributed by atoms with Crippen molar-refractivity contribution < 1.29 is 14.6 Å². The number of benzene rings is 2. The summed E-state index contributed by atoms with van der Waals surface area (Å²) in [6, 6.07) is 11.4. The number of aryl methyl sites for hydroxylation is 1. The van der Waals surface area contributed by atoms with Crippen LogP contribution in [0.15, 0.2) is 36.4 Å². The molecule has 0 radical (unpaired) electrons. The van der Waals surface area contributed by atoms with Crippen molar-refractivity contribution in [3.05, 3.63) is 58.1 Å². The first-order valence-electron chi connectivity index (χ1n) is 5.73. The van der Waals surface area contributed by atoms with Gasteiger partial charge in [-0.3, -0.25) is 0 Å². The van der Waals surface area contributed by atoms with Crippen molar-refractivity contribution in [1.82, 2.24) is 0 Å². The van der Waals surface area contributed by atoms with E-state index in [0.717, 1.165) is 5.56 Å². The Labute approximate surface area is 120 Å². The van der Waals surface area contributed by atoms with Gasteiger partial charge < -0.3 is 9.84 Å². The molecule has 0 unspecified atom stereocenters. The molecule has 0 aliphatic heterocycles. The van der Waals surface area contributed by atoms with E-state index in [1.807, 2.05) is 6.07 Å². The van der Waals surface area contributed by atoms with Gasteiger partial charge in [0.1, 0.15) is 11.3 Å². The lowest BCUT2D eigenvalue weighted by Gasteiger charge is -2.12. The van der Waals surface area contributed by atoms with E-state index in [2.05, 4.69) is 0 Å². The molecule has 0 spiro atoms. The predicted octanol–water partition coefficient (Wildman–Crippen LogP) is 4.01. The third kappa shape index (κ3) is 2.73. The molecule has 0 atom stereocenters. The minimum atomic E-state index is -1.13. The second kappa shape index (κ2) is 5.64. The molecule has 5 heteroatoms. The number of hydrogen-bond donors (Lipinski definition) is 1. The summed E-state index contributed by atoms with van der Waals surface area (Å²) in [4.78, 5) is 11.2. The molecule has 0 bridgehead atoms. The number of carboxylic acid groups (broad SMARTS) is 1. The zero-order chi connectivity index (χ0) is 14.7. The van der Waals surface area contributed by atoms with Gasteiger partial charge in [0.25, 0.3) is 0 Å². The maximum Gasteiger partial charge on any atom is 0.339 e. The number of halogens is 1. The minimum absolute atomic E-state index is 0.0285. The maximum absolute atomic E-state index is 11.2. The zero-order valence-electron chi connectivity index (χ0n) is 10.6. The highest BCUT2D eigenvalue weighted by Crippen LogP contribution is 2.34. The van der Waals surface area contributed by atoms with Gasteiger partial charge in [-0.1, -0.05) is 23.7 Å². The molecule has 2 aromatic carbocycles. The number of nitrogens with zero attached hydrogens (tertiary/aromatic N) is 1. The van der Waals surface area contributed by atoms with E-state index in [-0.39, 0.29) is 16.3 Å². The largest absolute Gasteiger partial charge is 0.478 e. The average molecular weight is 288 g/mol. The van der Waals surface area contributed by atoms with Crippen LogP contribution >= 0.6 is 11.6 Å². The molecule has 0 saturated heterocycles. The Morgan fingerprint density at radius 2 is 2.10 bits per heavy atom. The normalized spacial score (nSPS) is 9.85. The summed E-state index contributed by atoms with van der Waals surface area (Å²) in [7, 11) is 0. The Kier molecular flexibility index (Phi) is 3.92. The van der Waals surface area contributed by atoms with Gasteiger partial charge in [-0.05, 0) is 36.8 Å². The van der Waals surface area contributed by atoms with Gasteiger partial charge in [0.2, 0.25) is 0 Å². The summed E-state index contributed by atoms with van der Waals surface area (Å²) >= 11 is 6.00. The summed E-state index contributed by atoms with van der Waals surface area (Å²) in [5.41, 5.74) is 1.18. The second-order valence-electron chi connectivity index (χ2n) is 4.12. The molecule has 0 fully saturated rings. The Bertz CT molecular complexity index is 720. The lowest BCUT2D eigenvalue weighted by Crippen LogP contribution is -2.01. The van der Waals surface area contributed by atoms with Crippen LogP contribution in [0.2, 0.25) is 5.02 Å². The van der Waals surface area contributed by atoms with E-state index in [9.17, 15) is 4.79 Å². The monoisotopic (exact) mass is 287 g/mol. The zero-order valence-corrected chi connectivity index (χ0v) is 11.3. The first-order chi connectivity index (χ1) is 9.52. The summed E-state index contributed by atoms with van der Waals surface area (Å²) in [6.07, 6.45) is 0. The lowest BCUT2D eigenvalue weighted by molar-refractivity contribution is 0.0694. The fraction of sp³-hybridized carbons (Fsp3) is 0.0667. The van der Waals surface area contributed by atoms with Crippen molar-refractivity contribution in [3.63, 3.8) is 0 Å². The van der Waals surface area contributed by atoms with Gasteiger partial charge >= 0.3 is 5.97 Å². The molecule has 20 heavy (non-hydrogen) atoms. The van der Waals surface area contributed by atoms with Crippen LogP contribution in [0.5, 0.6) is 11.5 Å². The fourth-order valence-corrected chi connectivity index (χ4v) is 1.88. The standard InChI is InChI=1S/C15H10ClNO3/c1-9-5-6-10(8-17)7-13(9)20-14-11(15(18)19)3-2-4-12(14)16/h2-7H,1H3,(H,18,19). The SMILES string of the molecule is Cc1ccc(C#N)cc1Oc1c(Cl)cccc1C(=O)O. The molecule has 2 rings (SSSR count). The Hall–Kier alpha value is -2.51. The van der Waals surface area contributed by atoms with Crippen molar-refractivity contribution in [2.45, 2.75) is 6.92 Å². The van der Waals surface area contributed by atoms with Crippen LogP contribution < -0.4 is 4.74 Å². The van der Waals surface area contributed by atoms with E-state index in [4.69, 9.17) is 26.7 Å². The van der Waals surface area contributed by atoms with Crippen LogP contribution in [0.1, 0.15) is 21.5 Å². The number of carbonyl (C=O) groups is 1. The van der Waals surface area contributed by atoms with Gasteiger partial charge in [-0.25, -0.2) is 4.79 Å². The molecular weight excluding hydrogens is 278 g/mol. The molecule has 100 valence electrons. The highest BCUT2D eigenvalue weighted by Gasteiger charge is 2.16. The van der Waals surface area contributed by atoms with Gasteiger partial charge in [0.15, 0.2) is 5.75 Å². The van der Waals surface area contributed by atoms with Crippen LogP contribution in [-0.2, 0) is 0 Å². The summed E-state index contributed by atoms with van der Waals surface area (Å²) in [5, 5.41) is 18.2. The lowest BCUT2D eigenvalue weighted by atomic mass is 10.1. The van der Waals surface area contributed by atoms with Gasteiger partial charge in [0.05, 0.1) is 16.7 Å². The van der Waals surface area contributed by atoms with E-state index in [1.54, 1.807) is 31.2 Å². The van der Waals surface area contributed by atoms with E-state index >= 15 is 0 Å². The van der Waals surface area contributed by atoms with E-state index in [1.165, 1.54) is 12.1 Å². The topological polar surface area (TPSA) is 70.3 Å². The molecule has 0 aliphatic carbocycles. The minimum Gasteiger partial charge on any atom is -0.478 e. The molecule has 0 amide bonds. The van der Waals surface area contributed by atoms with Crippen LogP contribution in [0.3, 0.4) is 0 Å². The number of hydrogen-bond acceptors (Lipinski definition) is 3. The average Bonchev–Trinajstić information content (AvgIpc) is 2.43. The van der Waals surface area contributed by atoms with Crippen molar-refractivity contribution in [1.29, 1.82) is 5.26 Å². The molecule has 0 aliphatic rings. The molecular formula is C15H10ClNO3. The van der Waals surface area contributed by atoms with Crippen molar-refractivity contribution in [2.75, 3.05) is 0 Å². The Balaban J connectivity index is 2.50. The molecule has 4 nitrogen and oxygen atoms in total. The molecule has 1 N–H and O–H groups in total. The smallest absolute Gasteiger partial charge is 0.339 e. The number of nitriles is 1. The number of ether oxygens (including phenoxy) is 1. The van der Waals surface area contributed by atoms with Gasteiger partial charge in [-0.2, -0.15) is 5.26 Å². The third-order valence-corrected chi connectivity index (χ3v) is 3.02. The number of carboxylic acids is 1. The Morgan fingerprint density at radius 3 is 2.75 bits per heavy atom. The van der Waals surface area contributed by atoms with E-state index in [0.29, 0.717) is 11.3 Å². The quantitative estimate of drug-likeness (QED) is 0.926. The van der Waals surface area contributed by atoms with E-state index < -0.39 is 5.97 Å². The number of rotatable bonds is 3. The van der Waals surface area contributed by atoms with Gasteiger partial charge in [-0.15, -0.1) is 0 Å². The van der Waals surface area contributed by atoms with Gasteiger partial charge in [0, 0.05) is 0 Å². The summed E-state index contributed by atoms with van der Waals surface area (Å²) in [5.74, 6) is -0.656. The van der Waals surface area contributed by atoms with Crippen molar-refractivity contribution in [3.8, 4) is 17.6 Å². The molecule has 0 heterocycles. The van der Waals surface area contributed by atoms with Crippen LogP contribution in [-0.4, -0.2) is 11.1 Å². The fourth-order valence-electron chi connectivity index (χ4n) is 1.67. The first kappa shape index (κ1) is 13.9. The van der Waals surface area contributed by atoms with Crippen molar-refractivity contribution >= 4 is 17.6 Å². The number of para-hydroxylation sites is 1. The highest BCUT2D eigenvalue weighted by atomic mass is 35.5. The summed E-state index contributed by atoms with van der Waals surface area (Å²) < 4.78 is 5.61. The summed E-state index contributed by atoms with van der Waals surface area (Å²) in [6.45, 7) is 1.80. The molecule has 0 aromatic heterocycles. The Morgan fingerprint density at radius 1 is 1.35 bits per heavy atom. The van der Waals surface area contributed by atoms with Crippen LogP contribution in [0.25, 0.3) is 0 Å². The van der Waals surface area contributed by atoms with Crippen LogP contribution in [0, 0.1) is 18.3 Å². The highest BCUT2D eigenvalue weighted by molar-refractivity contribution is 6.32. The molecule has 2 aromatic rings. The first-order valence-corrected chi connectivity index (χ1v) is 6.11. The third-order valence-electron chi connectivity index (χ3n) is 2.73. The van der Waals surface area contributed by atoms with Crippen molar-refractivity contribution in [2.24, 2.45) is 0 Å². The number of aromatic carboxylic acids is 1. The predicted molar refractivity (Wildman–Crippen MR) is 74.4 cm³/mol. The van der Waals surface area contributed by atoms with Crippen LogP contribution in [0.4, 0.5) is 0 Å².